The van der Waals surface area contributed by atoms with E-state index in [2.05, 4.69) is 15.4 Å². The zero-order valence-corrected chi connectivity index (χ0v) is 15.9. The molecular weight excluding hydrogens is 296 g/mol. The van der Waals surface area contributed by atoms with Crippen molar-refractivity contribution in [3.63, 3.8) is 0 Å². The number of carbonyl (C=O) groups is 2. The lowest BCUT2D eigenvalue weighted by atomic mass is 9.97. The fraction of sp³-hybridized carbons (Fsp3) is 0.882. The first-order chi connectivity index (χ1) is 10.8. The summed E-state index contributed by atoms with van der Waals surface area (Å²) in [6, 6.07) is -0.282. The van der Waals surface area contributed by atoms with E-state index in [-0.39, 0.29) is 31.0 Å². The van der Waals surface area contributed by atoms with Crippen molar-refractivity contribution in [3.05, 3.63) is 0 Å². The van der Waals surface area contributed by atoms with Gasteiger partial charge in [-0.25, -0.2) is 4.79 Å². The Balaban J connectivity index is 0. The molecule has 6 heteroatoms. The molecule has 138 valence electrons. The van der Waals surface area contributed by atoms with Gasteiger partial charge in [0, 0.05) is 12.6 Å². The van der Waals surface area contributed by atoms with E-state index in [1.165, 1.54) is 7.11 Å². The van der Waals surface area contributed by atoms with Crippen LogP contribution in [-0.2, 0) is 9.53 Å². The van der Waals surface area contributed by atoms with Crippen LogP contribution in [0.25, 0.3) is 0 Å². The highest BCUT2D eigenvalue weighted by Crippen LogP contribution is 2.35. The Bertz CT molecular complexity index is 333. The van der Waals surface area contributed by atoms with Gasteiger partial charge in [0.05, 0.1) is 19.1 Å². The summed E-state index contributed by atoms with van der Waals surface area (Å²) in [7, 11) is 1.32. The Morgan fingerprint density at radius 3 is 2.30 bits per heavy atom. The van der Waals surface area contributed by atoms with Crippen molar-refractivity contribution < 1.29 is 19.4 Å². The van der Waals surface area contributed by atoms with Crippen molar-refractivity contribution in [2.75, 3.05) is 13.7 Å². The van der Waals surface area contributed by atoms with Gasteiger partial charge in [-0.3, -0.25) is 4.79 Å². The van der Waals surface area contributed by atoms with Crippen LogP contribution < -0.4 is 10.6 Å². The normalized spacial score (nSPS) is 23.4. The zero-order valence-electron chi connectivity index (χ0n) is 15.9. The van der Waals surface area contributed by atoms with Gasteiger partial charge in [-0.05, 0) is 39.0 Å². The van der Waals surface area contributed by atoms with Gasteiger partial charge in [0.25, 0.3) is 0 Å². The first-order valence-electron chi connectivity index (χ1n) is 8.67. The molecule has 1 rings (SSSR count). The van der Waals surface area contributed by atoms with Crippen LogP contribution in [0.15, 0.2) is 0 Å². The van der Waals surface area contributed by atoms with Crippen LogP contribution in [0.3, 0.4) is 0 Å². The van der Waals surface area contributed by atoms with Crippen LogP contribution in [0.4, 0.5) is 4.79 Å². The summed E-state index contributed by atoms with van der Waals surface area (Å²) in [5, 5.41) is 15.3. The molecule has 0 spiro atoms. The van der Waals surface area contributed by atoms with Crippen molar-refractivity contribution in [2.45, 2.75) is 78.9 Å². The van der Waals surface area contributed by atoms with Gasteiger partial charge in [-0.1, -0.05) is 27.7 Å². The number of urea groups is 1. The third-order valence-electron chi connectivity index (χ3n) is 3.66. The Morgan fingerprint density at radius 1 is 1.30 bits per heavy atom. The number of ether oxygens (including phenoxy) is 1. The fourth-order valence-corrected chi connectivity index (χ4v) is 2.45. The van der Waals surface area contributed by atoms with Crippen molar-refractivity contribution in [1.82, 2.24) is 10.6 Å². The largest absolute Gasteiger partial charge is 0.469 e. The molecule has 3 unspecified atom stereocenters. The predicted molar refractivity (Wildman–Crippen MR) is 93.3 cm³/mol. The average molecular weight is 332 g/mol. The van der Waals surface area contributed by atoms with Crippen molar-refractivity contribution >= 4 is 12.0 Å². The van der Waals surface area contributed by atoms with Gasteiger partial charge in [0.1, 0.15) is 0 Å². The molecule has 0 aromatic heterocycles. The lowest BCUT2D eigenvalue weighted by Gasteiger charge is -2.22. The lowest BCUT2D eigenvalue weighted by Crippen LogP contribution is -2.44. The monoisotopic (exact) mass is 332 g/mol. The number of amides is 2. The molecule has 0 heterocycles. The molecule has 1 saturated carbocycles. The highest BCUT2D eigenvalue weighted by Gasteiger charge is 2.35. The average Bonchev–Trinajstić information content (AvgIpc) is 2.91. The van der Waals surface area contributed by atoms with E-state index in [0.29, 0.717) is 12.3 Å². The minimum atomic E-state index is -0.609. The van der Waals surface area contributed by atoms with Crippen LogP contribution in [0.1, 0.15) is 67.2 Å². The number of aliphatic hydroxyl groups is 1. The van der Waals surface area contributed by atoms with Crippen LogP contribution in [0.2, 0.25) is 0 Å². The second-order valence-electron chi connectivity index (χ2n) is 5.51. The summed E-state index contributed by atoms with van der Waals surface area (Å²) in [6.07, 6.45) is 2.55. The Kier molecular flexibility index (Phi) is 13.7. The zero-order chi connectivity index (χ0) is 18.5. The predicted octanol–water partition coefficient (Wildman–Crippen LogP) is 2.84. The number of nitrogens with one attached hydrogen (secondary N) is 2. The van der Waals surface area contributed by atoms with Gasteiger partial charge in [0.15, 0.2) is 0 Å². The molecule has 1 aliphatic carbocycles. The first-order valence-corrected chi connectivity index (χ1v) is 8.67. The number of esters is 1. The lowest BCUT2D eigenvalue weighted by molar-refractivity contribution is -0.140. The van der Waals surface area contributed by atoms with Crippen LogP contribution in [0.5, 0.6) is 0 Å². The summed E-state index contributed by atoms with van der Waals surface area (Å²) in [5.41, 5.74) is -0.609. The number of methoxy groups -OCH3 is 1. The first kappa shape index (κ1) is 24.0. The van der Waals surface area contributed by atoms with Crippen molar-refractivity contribution in [1.29, 1.82) is 0 Å². The van der Waals surface area contributed by atoms with Gasteiger partial charge in [-0.15, -0.1) is 0 Å². The second-order valence-corrected chi connectivity index (χ2v) is 5.51. The van der Waals surface area contributed by atoms with E-state index in [1.54, 1.807) is 0 Å². The SMILES string of the molecule is CC.CC.COC(=O)CCNC(=O)NC(C)C1CCC(C)(O)C1. The Hall–Kier alpha value is -1.30. The summed E-state index contributed by atoms with van der Waals surface area (Å²) < 4.78 is 4.48. The van der Waals surface area contributed by atoms with E-state index in [4.69, 9.17) is 0 Å². The van der Waals surface area contributed by atoms with Crippen LogP contribution >= 0.6 is 0 Å². The standard InChI is InChI=1S/C13H24N2O4.2C2H6/c1-9(10-4-6-13(2,18)8-10)15-12(17)14-7-5-11(16)19-3;2*1-2/h9-10,18H,4-8H2,1-3H3,(H2,14,15,17);2*1-2H3. The maximum absolute atomic E-state index is 11.6. The number of hydrogen-bond acceptors (Lipinski definition) is 4. The van der Waals surface area contributed by atoms with E-state index in [0.717, 1.165) is 12.8 Å². The second kappa shape index (κ2) is 13.2. The number of hydrogen-bond donors (Lipinski definition) is 3. The number of rotatable bonds is 5. The molecular formula is C17H36N2O4. The molecule has 0 radical (unpaired) electrons. The Labute approximate surface area is 141 Å². The maximum Gasteiger partial charge on any atom is 0.315 e. The maximum atomic E-state index is 11.6. The van der Waals surface area contributed by atoms with E-state index < -0.39 is 5.60 Å². The summed E-state index contributed by atoms with van der Waals surface area (Å²) in [4.78, 5) is 22.5. The summed E-state index contributed by atoms with van der Waals surface area (Å²) in [5.74, 6) is -0.0541. The van der Waals surface area contributed by atoms with Crippen LogP contribution in [0, 0.1) is 5.92 Å². The Morgan fingerprint density at radius 2 is 1.87 bits per heavy atom. The molecule has 0 saturated heterocycles. The summed E-state index contributed by atoms with van der Waals surface area (Å²) >= 11 is 0. The van der Waals surface area contributed by atoms with Gasteiger partial charge < -0.3 is 20.5 Å². The van der Waals surface area contributed by atoms with Crippen LogP contribution in [-0.4, -0.2) is 42.4 Å². The van der Waals surface area contributed by atoms with E-state index >= 15 is 0 Å². The highest BCUT2D eigenvalue weighted by atomic mass is 16.5. The smallest absolute Gasteiger partial charge is 0.315 e. The van der Waals surface area contributed by atoms with Gasteiger partial charge in [0.2, 0.25) is 0 Å². The molecule has 1 aliphatic rings. The van der Waals surface area contributed by atoms with Gasteiger partial charge in [-0.2, -0.15) is 0 Å². The van der Waals surface area contributed by atoms with E-state index in [9.17, 15) is 14.7 Å². The topological polar surface area (TPSA) is 87.7 Å². The third-order valence-corrected chi connectivity index (χ3v) is 3.66. The summed E-state index contributed by atoms with van der Waals surface area (Å²) in [6.45, 7) is 12.0. The van der Waals surface area contributed by atoms with Crippen molar-refractivity contribution in [2.24, 2.45) is 5.92 Å². The third kappa shape index (κ3) is 11.0. The molecule has 3 N–H and O–H groups in total. The minimum Gasteiger partial charge on any atom is -0.469 e. The molecule has 0 bridgehead atoms. The van der Waals surface area contributed by atoms with E-state index in [1.807, 2.05) is 41.5 Å². The quantitative estimate of drug-likeness (QED) is 0.676. The fourth-order valence-electron chi connectivity index (χ4n) is 2.45. The molecule has 1 fully saturated rings. The minimum absolute atomic E-state index is 0.00658. The molecule has 0 aliphatic heterocycles. The highest BCUT2D eigenvalue weighted by molar-refractivity contribution is 5.75. The molecule has 0 aromatic rings. The molecule has 23 heavy (non-hydrogen) atoms. The van der Waals surface area contributed by atoms with Crippen molar-refractivity contribution in [3.8, 4) is 0 Å². The molecule has 0 aromatic carbocycles. The molecule has 6 nitrogen and oxygen atoms in total. The van der Waals surface area contributed by atoms with Gasteiger partial charge >= 0.3 is 12.0 Å². The number of carbonyl (C=O) groups excluding carboxylic acids is 2. The molecule has 3 atom stereocenters. The molecule has 2 amide bonds.